The fourth-order valence-electron chi connectivity index (χ4n) is 2.87. The molecule has 2 aromatic heterocycles. The van der Waals surface area contributed by atoms with Crippen LogP contribution in [0.25, 0.3) is 0 Å². The van der Waals surface area contributed by atoms with E-state index in [-0.39, 0.29) is 23.4 Å². The summed E-state index contributed by atoms with van der Waals surface area (Å²) in [4.78, 5) is 5.46. The fraction of sp³-hybridized carbons (Fsp3) is 0.467. The van der Waals surface area contributed by atoms with E-state index in [2.05, 4.69) is 10.1 Å². The number of alkyl halides is 6. The summed E-state index contributed by atoms with van der Waals surface area (Å²) in [6, 6.07) is 1.32. The molecule has 142 valence electrons. The monoisotopic (exact) mass is 398 g/mol. The molecule has 3 rings (SSSR count). The molecular formula is C15H13ClF6N4. The Morgan fingerprint density at radius 3 is 2.42 bits per heavy atom. The second kappa shape index (κ2) is 6.64. The maximum Gasteiger partial charge on any atom is 0.435 e. The molecule has 1 unspecified atom stereocenters. The van der Waals surface area contributed by atoms with Crippen LogP contribution in [0.3, 0.4) is 0 Å². The molecule has 3 heterocycles. The number of aromatic nitrogens is 3. The summed E-state index contributed by atoms with van der Waals surface area (Å²) in [7, 11) is 0. The molecule has 1 saturated heterocycles. The third kappa shape index (κ3) is 3.89. The highest BCUT2D eigenvalue weighted by Crippen LogP contribution is 2.35. The molecule has 1 aliphatic heterocycles. The summed E-state index contributed by atoms with van der Waals surface area (Å²) in [5.41, 5.74) is -1.94. The second-order valence-electron chi connectivity index (χ2n) is 5.95. The molecular weight excluding hydrogens is 386 g/mol. The maximum absolute atomic E-state index is 12.7. The summed E-state index contributed by atoms with van der Waals surface area (Å²) >= 11 is 5.95. The second-order valence-corrected chi connectivity index (χ2v) is 6.36. The van der Waals surface area contributed by atoms with E-state index in [1.54, 1.807) is 4.90 Å². The Morgan fingerprint density at radius 1 is 1.12 bits per heavy atom. The Balaban J connectivity index is 1.80. The molecule has 0 amide bonds. The van der Waals surface area contributed by atoms with Crippen LogP contribution in [0.15, 0.2) is 24.5 Å². The smallest absolute Gasteiger partial charge is 0.353 e. The van der Waals surface area contributed by atoms with Crippen LogP contribution in [0.4, 0.5) is 32.2 Å². The van der Waals surface area contributed by atoms with Gasteiger partial charge in [-0.3, -0.25) is 4.68 Å². The average Bonchev–Trinajstić information content (AvgIpc) is 3.04. The van der Waals surface area contributed by atoms with Crippen LogP contribution < -0.4 is 4.90 Å². The van der Waals surface area contributed by atoms with E-state index in [1.165, 1.54) is 10.9 Å². The van der Waals surface area contributed by atoms with Crippen molar-refractivity contribution in [2.24, 2.45) is 0 Å². The lowest BCUT2D eigenvalue weighted by Gasteiger charge is -2.34. The number of pyridine rings is 1. The van der Waals surface area contributed by atoms with E-state index in [4.69, 9.17) is 11.6 Å². The minimum absolute atomic E-state index is 0.156. The molecule has 0 saturated carbocycles. The molecule has 0 bridgehead atoms. The fourth-order valence-corrected chi connectivity index (χ4v) is 3.16. The average molecular weight is 399 g/mol. The van der Waals surface area contributed by atoms with Gasteiger partial charge in [0.05, 0.1) is 16.6 Å². The normalized spacial score (nSPS) is 19.0. The van der Waals surface area contributed by atoms with Gasteiger partial charge in [0.25, 0.3) is 0 Å². The summed E-state index contributed by atoms with van der Waals surface area (Å²) in [5.74, 6) is 0.174. The van der Waals surface area contributed by atoms with Gasteiger partial charge in [-0.25, -0.2) is 4.98 Å². The lowest BCUT2D eigenvalue weighted by molar-refractivity contribution is -0.141. The van der Waals surface area contributed by atoms with Gasteiger partial charge >= 0.3 is 12.4 Å². The van der Waals surface area contributed by atoms with Crippen LogP contribution in [-0.4, -0.2) is 27.9 Å². The highest BCUT2D eigenvalue weighted by molar-refractivity contribution is 6.33. The lowest BCUT2D eigenvalue weighted by atomic mass is 10.1. The van der Waals surface area contributed by atoms with Crippen molar-refractivity contribution in [2.45, 2.75) is 31.2 Å². The van der Waals surface area contributed by atoms with E-state index >= 15 is 0 Å². The number of hydrogen-bond donors (Lipinski definition) is 0. The minimum Gasteiger partial charge on any atom is -0.353 e. The van der Waals surface area contributed by atoms with Crippen molar-refractivity contribution < 1.29 is 26.3 Å². The zero-order valence-electron chi connectivity index (χ0n) is 13.1. The molecule has 4 nitrogen and oxygen atoms in total. The van der Waals surface area contributed by atoms with Crippen LogP contribution in [0.5, 0.6) is 0 Å². The van der Waals surface area contributed by atoms with E-state index in [0.29, 0.717) is 25.6 Å². The number of hydrogen-bond acceptors (Lipinski definition) is 3. The first-order valence-electron chi connectivity index (χ1n) is 7.66. The molecule has 2 aromatic rings. The third-order valence-corrected chi connectivity index (χ3v) is 4.40. The zero-order valence-corrected chi connectivity index (χ0v) is 13.9. The highest BCUT2D eigenvalue weighted by Gasteiger charge is 2.35. The van der Waals surface area contributed by atoms with E-state index < -0.39 is 23.6 Å². The van der Waals surface area contributed by atoms with Gasteiger partial charge in [-0.15, -0.1) is 0 Å². The van der Waals surface area contributed by atoms with Crippen molar-refractivity contribution >= 4 is 17.4 Å². The Morgan fingerprint density at radius 2 is 1.85 bits per heavy atom. The molecule has 11 heteroatoms. The first kappa shape index (κ1) is 18.8. The van der Waals surface area contributed by atoms with Crippen molar-refractivity contribution in [1.29, 1.82) is 0 Å². The van der Waals surface area contributed by atoms with Gasteiger partial charge in [0.1, 0.15) is 5.82 Å². The van der Waals surface area contributed by atoms with E-state index in [9.17, 15) is 26.3 Å². The Labute approximate surface area is 149 Å². The number of rotatable bonds is 2. The molecule has 1 aliphatic rings. The molecule has 0 spiro atoms. The Hall–Kier alpha value is -1.97. The maximum atomic E-state index is 12.7. The first-order valence-corrected chi connectivity index (χ1v) is 8.03. The predicted molar refractivity (Wildman–Crippen MR) is 82.0 cm³/mol. The van der Waals surface area contributed by atoms with Crippen LogP contribution in [-0.2, 0) is 12.4 Å². The third-order valence-electron chi connectivity index (χ3n) is 4.12. The van der Waals surface area contributed by atoms with Crippen LogP contribution >= 0.6 is 11.6 Å². The minimum atomic E-state index is -4.55. The Bertz CT molecular complexity index is 785. The molecule has 1 atom stereocenters. The van der Waals surface area contributed by atoms with Crippen molar-refractivity contribution in [3.8, 4) is 0 Å². The van der Waals surface area contributed by atoms with Crippen molar-refractivity contribution in [2.75, 3.05) is 18.0 Å². The van der Waals surface area contributed by atoms with Gasteiger partial charge in [0, 0.05) is 25.5 Å². The summed E-state index contributed by atoms with van der Waals surface area (Å²) < 4.78 is 77.4. The molecule has 26 heavy (non-hydrogen) atoms. The number of piperidine rings is 1. The Kier molecular flexibility index (Phi) is 4.80. The first-order chi connectivity index (χ1) is 12.1. The van der Waals surface area contributed by atoms with E-state index in [1.807, 2.05) is 0 Å². The topological polar surface area (TPSA) is 34.0 Å². The van der Waals surface area contributed by atoms with Crippen LogP contribution in [0.2, 0.25) is 5.02 Å². The number of anilines is 1. The van der Waals surface area contributed by atoms with Crippen molar-refractivity contribution in [3.05, 3.63) is 40.8 Å². The van der Waals surface area contributed by atoms with Crippen molar-refractivity contribution in [3.63, 3.8) is 0 Å². The van der Waals surface area contributed by atoms with Crippen LogP contribution in [0, 0.1) is 0 Å². The van der Waals surface area contributed by atoms with Crippen molar-refractivity contribution in [1.82, 2.24) is 14.8 Å². The predicted octanol–water partition coefficient (Wildman–Crippen LogP) is 4.81. The number of nitrogens with zero attached hydrogens (tertiary/aromatic N) is 4. The SMILES string of the molecule is FC(F)(F)c1cnc(N2CCCC(n3ccc(C(F)(F)F)n3)C2)c(Cl)c1. The van der Waals surface area contributed by atoms with Gasteiger partial charge < -0.3 is 4.90 Å². The lowest BCUT2D eigenvalue weighted by Crippen LogP contribution is -2.37. The van der Waals surface area contributed by atoms with Gasteiger partial charge in [0.2, 0.25) is 0 Å². The van der Waals surface area contributed by atoms with E-state index in [0.717, 1.165) is 12.1 Å². The molecule has 0 N–H and O–H groups in total. The number of halogens is 7. The molecule has 0 aliphatic carbocycles. The molecule has 0 aromatic carbocycles. The van der Waals surface area contributed by atoms with Gasteiger partial charge in [-0.1, -0.05) is 11.6 Å². The quantitative estimate of drug-likeness (QED) is 0.681. The van der Waals surface area contributed by atoms with Gasteiger partial charge in [-0.2, -0.15) is 31.4 Å². The summed E-state index contributed by atoms with van der Waals surface area (Å²) in [6.45, 7) is 0.735. The largest absolute Gasteiger partial charge is 0.435 e. The standard InChI is InChI=1S/C15H13ClF6N4/c16-11-6-9(14(17,18)19)7-23-13(11)25-4-1-2-10(8-25)26-5-3-12(24-26)15(20,21)22/h3,5-7,10H,1-2,4,8H2. The summed E-state index contributed by atoms with van der Waals surface area (Å²) in [6.07, 6.45) is -5.93. The zero-order chi connectivity index (χ0) is 19.1. The van der Waals surface area contributed by atoms with Gasteiger partial charge in [0.15, 0.2) is 5.69 Å². The summed E-state index contributed by atoms with van der Waals surface area (Å²) in [5, 5.41) is 3.41. The van der Waals surface area contributed by atoms with Crippen LogP contribution in [0.1, 0.15) is 30.1 Å². The highest BCUT2D eigenvalue weighted by atomic mass is 35.5. The molecule has 1 fully saturated rings. The van der Waals surface area contributed by atoms with Gasteiger partial charge in [-0.05, 0) is 25.0 Å². The molecule has 0 radical (unpaired) electrons.